The van der Waals surface area contributed by atoms with Gasteiger partial charge in [0.05, 0.1) is 0 Å². The molecule has 0 aliphatic rings. The highest BCUT2D eigenvalue weighted by atomic mass is 16.2. The maximum atomic E-state index is 12.6. The first-order valence-electron chi connectivity index (χ1n) is 6.50. The molecule has 0 fully saturated rings. The van der Waals surface area contributed by atoms with Gasteiger partial charge in [0.2, 0.25) is 0 Å². The average Bonchev–Trinajstić information content (AvgIpc) is 2.29. The van der Waals surface area contributed by atoms with Crippen LogP contribution in [0.25, 0.3) is 0 Å². The molecular formula is C16H23NO. The molecular weight excluding hydrogens is 222 g/mol. The van der Waals surface area contributed by atoms with Crippen LogP contribution in [0, 0.1) is 0 Å². The summed E-state index contributed by atoms with van der Waals surface area (Å²) in [5.41, 5.74) is 1.84. The lowest BCUT2D eigenvalue weighted by atomic mass is 10.0. The minimum absolute atomic E-state index is 0.109. The average molecular weight is 245 g/mol. The summed E-state index contributed by atoms with van der Waals surface area (Å²) in [5.74, 6) is 0.109. The normalized spacial score (nSPS) is 10.8. The molecule has 0 radical (unpaired) electrons. The molecule has 2 nitrogen and oxygen atoms in total. The fourth-order valence-electron chi connectivity index (χ4n) is 2.27. The van der Waals surface area contributed by atoms with E-state index in [1.165, 1.54) is 0 Å². The Bertz CT molecular complexity index is 413. The van der Waals surface area contributed by atoms with Crippen LogP contribution in [-0.2, 0) is 6.42 Å². The third kappa shape index (κ3) is 3.22. The molecule has 0 aromatic heterocycles. The fourth-order valence-corrected chi connectivity index (χ4v) is 2.27. The van der Waals surface area contributed by atoms with E-state index >= 15 is 0 Å². The number of nitrogens with zero attached hydrogens (tertiary/aromatic N) is 1. The summed E-state index contributed by atoms with van der Waals surface area (Å²) in [7, 11) is 0. The van der Waals surface area contributed by atoms with Crippen LogP contribution in [0.3, 0.4) is 0 Å². The highest BCUT2D eigenvalue weighted by Crippen LogP contribution is 2.16. The standard InChI is InChI=1S/C16H23NO/c1-6-9-14-10-7-8-11-15(14)16(18)17(12(2)3)13(4)5/h6-8,10-13H,1,9H2,2-5H3. The molecule has 0 unspecified atom stereocenters. The second kappa shape index (κ2) is 6.39. The first-order valence-corrected chi connectivity index (χ1v) is 6.50. The smallest absolute Gasteiger partial charge is 0.254 e. The van der Waals surface area contributed by atoms with Gasteiger partial charge in [0.25, 0.3) is 5.91 Å². The lowest BCUT2D eigenvalue weighted by Gasteiger charge is -2.31. The van der Waals surface area contributed by atoms with Crippen LogP contribution in [0.15, 0.2) is 36.9 Å². The monoisotopic (exact) mass is 245 g/mol. The third-order valence-corrected chi connectivity index (χ3v) is 2.96. The van der Waals surface area contributed by atoms with Crippen molar-refractivity contribution < 1.29 is 4.79 Å². The van der Waals surface area contributed by atoms with Crippen molar-refractivity contribution in [3.05, 3.63) is 48.0 Å². The summed E-state index contributed by atoms with van der Waals surface area (Å²) in [5, 5.41) is 0. The zero-order chi connectivity index (χ0) is 13.7. The number of carbonyl (C=O) groups excluding carboxylic acids is 1. The Labute approximate surface area is 110 Å². The Hall–Kier alpha value is -1.57. The fraction of sp³-hybridized carbons (Fsp3) is 0.438. The molecule has 0 atom stereocenters. The van der Waals surface area contributed by atoms with Crippen LogP contribution >= 0.6 is 0 Å². The van der Waals surface area contributed by atoms with E-state index in [4.69, 9.17) is 0 Å². The first kappa shape index (κ1) is 14.5. The second-order valence-electron chi connectivity index (χ2n) is 5.05. The molecule has 1 aromatic rings. The van der Waals surface area contributed by atoms with Crippen molar-refractivity contribution in [1.29, 1.82) is 0 Å². The molecule has 0 spiro atoms. The van der Waals surface area contributed by atoms with E-state index in [1.807, 2.05) is 62.9 Å². The zero-order valence-electron chi connectivity index (χ0n) is 11.8. The summed E-state index contributed by atoms with van der Waals surface area (Å²) in [4.78, 5) is 14.5. The topological polar surface area (TPSA) is 20.3 Å². The number of hydrogen-bond donors (Lipinski definition) is 0. The quantitative estimate of drug-likeness (QED) is 0.725. The van der Waals surface area contributed by atoms with Crippen molar-refractivity contribution in [2.45, 2.75) is 46.2 Å². The summed E-state index contributed by atoms with van der Waals surface area (Å²) in [6.45, 7) is 11.9. The number of hydrogen-bond acceptors (Lipinski definition) is 1. The largest absolute Gasteiger partial charge is 0.334 e. The van der Waals surface area contributed by atoms with E-state index in [2.05, 4.69) is 6.58 Å². The SMILES string of the molecule is C=CCc1ccccc1C(=O)N(C(C)C)C(C)C. The van der Waals surface area contributed by atoms with E-state index in [0.29, 0.717) is 0 Å². The summed E-state index contributed by atoms with van der Waals surface area (Å²) >= 11 is 0. The third-order valence-electron chi connectivity index (χ3n) is 2.96. The molecule has 0 aliphatic carbocycles. The molecule has 0 aliphatic heterocycles. The Balaban J connectivity index is 3.12. The van der Waals surface area contributed by atoms with Gasteiger partial charge in [0.1, 0.15) is 0 Å². The van der Waals surface area contributed by atoms with E-state index in [0.717, 1.165) is 17.5 Å². The number of allylic oxidation sites excluding steroid dienone is 1. The Kier molecular flexibility index (Phi) is 5.14. The van der Waals surface area contributed by atoms with Crippen LogP contribution in [0.1, 0.15) is 43.6 Å². The van der Waals surface area contributed by atoms with E-state index in [-0.39, 0.29) is 18.0 Å². The predicted octanol–water partition coefficient (Wildman–Crippen LogP) is 3.67. The van der Waals surface area contributed by atoms with Crippen molar-refractivity contribution in [1.82, 2.24) is 4.90 Å². The van der Waals surface area contributed by atoms with Gasteiger partial charge in [-0.2, -0.15) is 0 Å². The van der Waals surface area contributed by atoms with Gasteiger partial charge in [-0.15, -0.1) is 6.58 Å². The summed E-state index contributed by atoms with van der Waals surface area (Å²) in [6.07, 6.45) is 2.56. The molecule has 1 aromatic carbocycles. The van der Waals surface area contributed by atoms with E-state index in [9.17, 15) is 4.79 Å². The Morgan fingerprint density at radius 3 is 2.28 bits per heavy atom. The van der Waals surface area contributed by atoms with Gasteiger partial charge in [-0.25, -0.2) is 0 Å². The molecule has 2 heteroatoms. The van der Waals surface area contributed by atoms with Crippen LogP contribution in [0.2, 0.25) is 0 Å². The summed E-state index contributed by atoms with van der Waals surface area (Å²) in [6, 6.07) is 8.18. The maximum Gasteiger partial charge on any atom is 0.254 e. The van der Waals surface area contributed by atoms with Crippen molar-refractivity contribution >= 4 is 5.91 Å². The lowest BCUT2D eigenvalue weighted by Crippen LogP contribution is -2.42. The molecule has 0 heterocycles. The first-order chi connectivity index (χ1) is 8.49. The molecule has 0 bridgehead atoms. The maximum absolute atomic E-state index is 12.6. The lowest BCUT2D eigenvalue weighted by molar-refractivity contribution is 0.0643. The molecule has 0 saturated heterocycles. The van der Waals surface area contributed by atoms with Gasteiger partial charge in [-0.1, -0.05) is 24.3 Å². The second-order valence-corrected chi connectivity index (χ2v) is 5.05. The van der Waals surface area contributed by atoms with Crippen molar-refractivity contribution in [2.24, 2.45) is 0 Å². The van der Waals surface area contributed by atoms with Gasteiger partial charge in [-0.05, 0) is 45.7 Å². The van der Waals surface area contributed by atoms with Crippen LogP contribution in [0.5, 0.6) is 0 Å². The van der Waals surface area contributed by atoms with Gasteiger partial charge in [0.15, 0.2) is 0 Å². The molecule has 0 saturated carbocycles. The highest BCUT2D eigenvalue weighted by Gasteiger charge is 2.22. The zero-order valence-corrected chi connectivity index (χ0v) is 11.8. The van der Waals surface area contributed by atoms with E-state index in [1.54, 1.807) is 0 Å². The molecule has 1 amide bonds. The number of rotatable bonds is 5. The Morgan fingerprint density at radius 2 is 1.78 bits per heavy atom. The Morgan fingerprint density at radius 1 is 1.22 bits per heavy atom. The number of carbonyl (C=O) groups is 1. The molecule has 0 N–H and O–H groups in total. The molecule has 98 valence electrons. The minimum Gasteiger partial charge on any atom is -0.334 e. The highest BCUT2D eigenvalue weighted by molar-refractivity contribution is 5.96. The van der Waals surface area contributed by atoms with Crippen LogP contribution < -0.4 is 0 Å². The van der Waals surface area contributed by atoms with Crippen LogP contribution in [0.4, 0.5) is 0 Å². The minimum atomic E-state index is 0.109. The predicted molar refractivity (Wildman–Crippen MR) is 76.8 cm³/mol. The van der Waals surface area contributed by atoms with Crippen LogP contribution in [-0.4, -0.2) is 22.9 Å². The van der Waals surface area contributed by atoms with Gasteiger partial charge in [0, 0.05) is 17.6 Å². The molecule has 1 rings (SSSR count). The summed E-state index contributed by atoms with van der Waals surface area (Å²) < 4.78 is 0. The van der Waals surface area contributed by atoms with E-state index < -0.39 is 0 Å². The van der Waals surface area contributed by atoms with Crippen molar-refractivity contribution in [2.75, 3.05) is 0 Å². The number of benzene rings is 1. The van der Waals surface area contributed by atoms with Gasteiger partial charge >= 0.3 is 0 Å². The van der Waals surface area contributed by atoms with Gasteiger partial charge in [-0.3, -0.25) is 4.79 Å². The van der Waals surface area contributed by atoms with Gasteiger partial charge < -0.3 is 4.90 Å². The number of amides is 1. The molecule has 18 heavy (non-hydrogen) atoms. The van der Waals surface area contributed by atoms with Crippen molar-refractivity contribution in [3.8, 4) is 0 Å². The van der Waals surface area contributed by atoms with Crippen molar-refractivity contribution in [3.63, 3.8) is 0 Å².